The van der Waals surface area contributed by atoms with E-state index in [1.54, 1.807) is 54.4 Å². The minimum Gasteiger partial charge on any atom is -0.481 e. The largest absolute Gasteiger partial charge is 0.481 e. The number of benzene rings is 2. The molecule has 9 nitrogen and oxygen atoms in total. The van der Waals surface area contributed by atoms with Crippen LogP contribution in [-0.4, -0.2) is 56.0 Å². The molecule has 0 saturated heterocycles. The van der Waals surface area contributed by atoms with E-state index in [0.717, 1.165) is 24.5 Å². The monoisotopic (exact) mass is 504 g/mol. The van der Waals surface area contributed by atoms with Crippen molar-refractivity contribution in [2.75, 3.05) is 48.9 Å². The lowest BCUT2D eigenvalue weighted by Crippen LogP contribution is -2.40. The Morgan fingerprint density at radius 3 is 2.57 bits per heavy atom. The quantitative estimate of drug-likeness (QED) is 0.203. The van der Waals surface area contributed by atoms with Gasteiger partial charge in [-0.2, -0.15) is 0 Å². The van der Waals surface area contributed by atoms with Gasteiger partial charge in [0.15, 0.2) is 12.4 Å². The van der Waals surface area contributed by atoms with Crippen molar-refractivity contribution in [2.24, 2.45) is 0 Å². The number of hydrogen-bond acceptors (Lipinski definition) is 8. The minimum absolute atomic E-state index is 0.0252. The maximum Gasteiger partial charge on any atom is 0.313 e. The van der Waals surface area contributed by atoms with Gasteiger partial charge in [-0.25, -0.2) is 4.98 Å². The van der Waals surface area contributed by atoms with Gasteiger partial charge in [-0.1, -0.05) is 36.4 Å². The third kappa shape index (κ3) is 8.06. The predicted octanol–water partition coefficient (Wildman–Crippen LogP) is 3.74. The molecule has 0 aliphatic carbocycles. The van der Waals surface area contributed by atoms with E-state index >= 15 is 0 Å². The fourth-order valence-electron chi connectivity index (χ4n) is 3.70. The molecule has 0 bridgehead atoms. The van der Waals surface area contributed by atoms with E-state index in [1.165, 1.54) is 0 Å². The molecule has 2 N–H and O–H groups in total. The second-order valence-corrected chi connectivity index (χ2v) is 8.30. The average Bonchev–Trinajstić information content (AvgIpc) is 2.91. The number of amides is 1. The highest BCUT2D eigenvalue weighted by molar-refractivity contribution is 6.05. The molecule has 0 spiro atoms. The molecular weight excluding hydrogens is 472 g/mol. The number of pyridine rings is 1. The zero-order chi connectivity index (χ0) is 26.6. The van der Waals surface area contributed by atoms with Crippen molar-refractivity contribution in [2.45, 2.75) is 19.8 Å². The summed E-state index contributed by atoms with van der Waals surface area (Å²) < 4.78 is 10.1. The zero-order valence-electron chi connectivity index (χ0n) is 21.1. The summed E-state index contributed by atoms with van der Waals surface area (Å²) >= 11 is 0. The molecular formula is C28H32N4O5. The summed E-state index contributed by atoms with van der Waals surface area (Å²) in [7, 11) is 2.00. The molecule has 1 amide bonds. The van der Waals surface area contributed by atoms with Crippen molar-refractivity contribution in [3.63, 3.8) is 0 Å². The number of aromatic nitrogens is 1. The maximum absolute atomic E-state index is 12.1. The number of esters is 1. The summed E-state index contributed by atoms with van der Waals surface area (Å²) in [6.07, 6.45) is 2.43. The van der Waals surface area contributed by atoms with Crippen LogP contribution < -0.4 is 20.3 Å². The number of nitrogen functional groups attached to an aromatic ring is 1. The molecule has 194 valence electrons. The third-order valence-corrected chi connectivity index (χ3v) is 5.55. The first-order valence-corrected chi connectivity index (χ1v) is 12.1. The van der Waals surface area contributed by atoms with Crippen LogP contribution in [0.1, 0.15) is 30.1 Å². The van der Waals surface area contributed by atoms with Crippen molar-refractivity contribution in [3.05, 3.63) is 78.5 Å². The normalized spacial score (nSPS) is 11.9. The van der Waals surface area contributed by atoms with Gasteiger partial charge in [-0.15, -0.1) is 0 Å². The van der Waals surface area contributed by atoms with E-state index in [9.17, 15) is 14.4 Å². The number of ether oxygens (including phenoxy) is 2. The van der Waals surface area contributed by atoms with E-state index in [4.69, 9.17) is 10.5 Å². The molecule has 2 heterocycles. The predicted molar refractivity (Wildman–Crippen MR) is 143 cm³/mol. The maximum atomic E-state index is 12.1. The first-order chi connectivity index (χ1) is 17.9. The fraction of sp³-hybridized carbons (Fsp3) is 0.286. The lowest BCUT2D eigenvalue weighted by atomic mass is 10.1. The van der Waals surface area contributed by atoms with Crippen LogP contribution >= 0.6 is 0 Å². The van der Waals surface area contributed by atoms with Gasteiger partial charge < -0.3 is 25.0 Å². The van der Waals surface area contributed by atoms with Gasteiger partial charge in [-0.3, -0.25) is 14.4 Å². The topological polar surface area (TPSA) is 115 Å². The van der Waals surface area contributed by atoms with Gasteiger partial charge in [0.25, 0.3) is 5.91 Å². The number of carbonyl (C=O) groups is 3. The molecule has 1 aliphatic rings. The highest BCUT2D eigenvalue weighted by Gasteiger charge is 2.25. The number of carbonyl (C=O) groups excluding carboxylic acids is 3. The summed E-state index contributed by atoms with van der Waals surface area (Å²) in [5, 5.41) is 0. The third-order valence-electron chi connectivity index (χ3n) is 5.55. The number of anilines is 3. The van der Waals surface area contributed by atoms with Gasteiger partial charge in [0.1, 0.15) is 18.0 Å². The standard InChI is InChI=1S/C17H20N4O2.C11H12O3/c1-20(16-5-2-3-8-19-16)9-4-10-21-14-7-6-13(18)11-15(14)23-12-17(21)22;1-2-14-11(13)8-10(12)9-6-4-3-5-7-9/h2-3,5-8,11H,4,9-10,12,18H2,1H3;3-7H,2,8H2,1H3. The number of hydrogen-bond donors (Lipinski definition) is 1. The average molecular weight is 505 g/mol. The highest BCUT2D eigenvalue weighted by atomic mass is 16.5. The molecule has 1 aliphatic heterocycles. The number of nitrogens with zero attached hydrogens (tertiary/aromatic N) is 3. The van der Waals surface area contributed by atoms with Crippen LogP contribution in [0.2, 0.25) is 0 Å². The van der Waals surface area contributed by atoms with Crippen molar-refractivity contribution >= 4 is 34.9 Å². The van der Waals surface area contributed by atoms with E-state index in [-0.39, 0.29) is 24.7 Å². The van der Waals surface area contributed by atoms with Crippen LogP contribution in [0.5, 0.6) is 5.75 Å². The summed E-state index contributed by atoms with van der Waals surface area (Å²) in [5.74, 6) is 0.893. The molecule has 0 saturated carbocycles. The first-order valence-electron chi connectivity index (χ1n) is 12.1. The van der Waals surface area contributed by atoms with E-state index in [0.29, 0.717) is 30.2 Å². The minimum atomic E-state index is -0.471. The number of ketones is 1. The molecule has 0 atom stereocenters. The lowest BCUT2D eigenvalue weighted by molar-refractivity contribution is -0.142. The van der Waals surface area contributed by atoms with Crippen LogP contribution in [0, 0.1) is 0 Å². The van der Waals surface area contributed by atoms with E-state index < -0.39 is 5.97 Å². The summed E-state index contributed by atoms with van der Waals surface area (Å²) in [5.41, 5.74) is 7.73. The Morgan fingerprint density at radius 1 is 1.11 bits per heavy atom. The van der Waals surface area contributed by atoms with Crippen molar-refractivity contribution in [1.29, 1.82) is 0 Å². The smallest absolute Gasteiger partial charge is 0.313 e. The molecule has 37 heavy (non-hydrogen) atoms. The van der Waals surface area contributed by atoms with Crippen molar-refractivity contribution in [3.8, 4) is 5.75 Å². The second kappa shape index (κ2) is 13.6. The Bertz CT molecular complexity index is 1190. The van der Waals surface area contributed by atoms with Crippen molar-refractivity contribution in [1.82, 2.24) is 4.98 Å². The summed E-state index contributed by atoms with van der Waals surface area (Å²) in [6, 6.07) is 19.9. The molecule has 4 rings (SSSR count). The molecule has 0 radical (unpaired) electrons. The Labute approximate surface area is 216 Å². The molecule has 0 fully saturated rings. The Balaban J connectivity index is 0.000000233. The number of fused-ring (bicyclic) bond motifs is 1. The summed E-state index contributed by atoms with van der Waals surface area (Å²) in [6.45, 7) is 3.53. The fourth-order valence-corrected chi connectivity index (χ4v) is 3.70. The van der Waals surface area contributed by atoms with Gasteiger partial charge in [-0.05, 0) is 37.6 Å². The van der Waals surface area contributed by atoms with Gasteiger partial charge in [0.2, 0.25) is 0 Å². The Kier molecular flexibility index (Phi) is 10.0. The zero-order valence-corrected chi connectivity index (χ0v) is 21.1. The van der Waals surface area contributed by atoms with Crippen LogP contribution in [0.3, 0.4) is 0 Å². The van der Waals surface area contributed by atoms with Crippen LogP contribution in [0.25, 0.3) is 0 Å². The van der Waals surface area contributed by atoms with Gasteiger partial charge >= 0.3 is 5.97 Å². The van der Waals surface area contributed by atoms with Crippen molar-refractivity contribution < 1.29 is 23.9 Å². The number of Topliss-reactive ketones (excluding diaryl/α,β-unsaturated/α-hetero) is 1. The van der Waals surface area contributed by atoms with E-state index in [2.05, 4.69) is 14.6 Å². The van der Waals surface area contributed by atoms with Crippen LogP contribution in [0.15, 0.2) is 72.9 Å². The Hall–Kier alpha value is -4.40. The van der Waals surface area contributed by atoms with Crippen LogP contribution in [-0.2, 0) is 14.3 Å². The van der Waals surface area contributed by atoms with Gasteiger partial charge in [0.05, 0.1) is 12.3 Å². The number of rotatable bonds is 9. The summed E-state index contributed by atoms with van der Waals surface area (Å²) in [4.78, 5) is 42.7. The van der Waals surface area contributed by atoms with Crippen LogP contribution in [0.4, 0.5) is 17.2 Å². The Morgan fingerprint density at radius 2 is 1.86 bits per heavy atom. The molecule has 0 unspecified atom stereocenters. The SMILES string of the molecule is CCOC(=O)CC(=O)c1ccccc1.CN(CCCN1C(=O)COc2cc(N)ccc21)c1ccccn1. The molecule has 9 heteroatoms. The van der Waals surface area contributed by atoms with Gasteiger partial charge in [0, 0.05) is 43.7 Å². The second-order valence-electron chi connectivity index (χ2n) is 8.30. The van der Waals surface area contributed by atoms with E-state index in [1.807, 2.05) is 37.4 Å². The lowest BCUT2D eigenvalue weighted by Gasteiger charge is -2.30. The number of nitrogens with two attached hydrogens (primary N) is 1. The first kappa shape index (κ1) is 27.2. The molecule has 2 aromatic carbocycles. The molecule has 3 aromatic rings. The highest BCUT2D eigenvalue weighted by Crippen LogP contribution is 2.33. The molecule has 1 aromatic heterocycles.